The second-order valence-electron chi connectivity index (χ2n) is 10.5. The quantitative estimate of drug-likeness (QED) is 0.177. The summed E-state index contributed by atoms with van der Waals surface area (Å²) in [4.78, 5) is 0. The third-order valence-electron chi connectivity index (χ3n) is 7.47. The van der Waals surface area contributed by atoms with Crippen LogP contribution in [-0.2, 0) is 0 Å². The van der Waals surface area contributed by atoms with E-state index in [1.807, 2.05) is 12.1 Å². The molecule has 0 spiro atoms. The summed E-state index contributed by atoms with van der Waals surface area (Å²) in [6.45, 7) is 8.46. The molecule has 0 aliphatic carbocycles. The van der Waals surface area contributed by atoms with Crippen molar-refractivity contribution in [2.45, 2.75) is 39.5 Å². The minimum Gasteiger partial charge on any atom is -0.398 e. The molecule has 0 fully saturated rings. The summed E-state index contributed by atoms with van der Waals surface area (Å²) < 4.78 is 0. The Balaban J connectivity index is 1.74. The minimum atomic E-state index is -0.0367. The highest BCUT2D eigenvalue weighted by Crippen LogP contribution is 2.43. The molecule has 38 heavy (non-hydrogen) atoms. The van der Waals surface area contributed by atoms with Gasteiger partial charge in [-0.3, -0.25) is 0 Å². The van der Waals surface area contributed by atoms with E-state index in [0.29, 0.717) is 5.02 Å². The van der Waals surface area contributed by atoms with Crippen molar-refractivity contribution in [3.8, 4) is 0 Å². The Morgan fingerprint density at radius 2 is 0.684 bits per heavy atom. The fourth-order valence-corrected chi connectivity index (χ4v) is 5.51. The Bertz CT molecular complexity index is 1320. The number of anilines is 1. The van der Waals surface area contributed by atoms with Crippen LogP contribution in [-0.4, -0.2) is 0 Å². The van der Waals surface area contributed by atoms with Gasteiger partial charge in [-0.1, -0.05) is 131 Å². The SMILES string of the molecule is Cc1ccc(C(c2ccc(C)cc2)c2cc(Cl)cc(C(c3ccc(C)cc3)c3ccc(C)cc3)c2N)cc1. The van der Waals surface area contributed by atoms with Gasteiger partial charge in [0.25, 0.3) is 0 Å². The molecule has 5 rings (SSSR count). The van der Waals surface area contributed by atoms with E-state index in [1.54, 1.807) is 0 Å². The van der Waals surface area contributed by atoms with Crippen LogP contribution in [0.2, 0.25) is 5.02 Å². The molecule has 0 aromatic heterocycles. The van der Waals surface area contributed by atoms with Crippen LogP contribution in [0.15, 0.2) is 109 Å². The van der Waals surface area contributed by atoms with Crippen molar-refractivity contribution >= 4 is 17.3 Å². The Morgan fingerprint density at radius 3 is 0.921 bits per heavy atom. The predicted octanol–water partition coefficient (Wildman–Crippen LogP) is 9.52. The zero-order valence-corrected chi connectivity index (χ0v) is 23.3. The molecule has 2 heteroatoms. The zero-order valence-electron chi connectivity index (χ0n) is 22.5. The van der Waals surface area contributed by atoms with Gasteiger partial charge in [-0.25, -0.2) is 0 Å². The van der Waals surface area contributed by atoms with Gasteiger partial charge in [-0.05, 0) is 73.2 Å². The van der Waals surface area contributed by atoms with E-state index in [4.69, 9.17) is 17.3 Å². The van der Waals surface area contributed by atoms with Crippen LogP contribution < -0.4 is 5.73 Å². The van der Waals surface area contributed by atoms with Crippen molar-refractivity contribution in [2.75, 3.05) is 5.73 Å². The lowest BCUT2D eigenvalue weighted by Crippen LogP contribution is -2.12. The van der Waals surface area contributed by atoms with Gasteiger partial charge in [0.05, 0.1) is 0 Å². The number of hydrogen-bond acceptors (Lipinski definition) is 1. The number of halogens is 1. The molecule has 0 atom stereocenters. The summed E-state index contributed by atoms with van der Waals surface area (Å²) in [7, 11) is 0. The third-order valence-corrected chi connectivity index (χ3v) is 7.69. The first kappa shape index (κ1) is 25.8. The highest BCUT2D eigenvalue weighted by atomic mass is 35.5. The Labute approximate surface area is 231 Å². The summed E-state index contributed by atoms with van der Waals surface area (Å²) in [5.41, 5.74) is 19.7. The van der Waals surface area contributed by atoms with E-state index >= 15 is 0 Å². The van der Waals surface area contributed by atoms with E-state index < -0.39 is 0 Å². The van der Waals surface area contributed by atoms with Gasteiger partial charge in [0, 0.05) is 22.5 Å². The van der Waals surface area contributed by atoms with Crippen LogP contribution in [0.4, 0.5) is 5.69 Å². The molecule has 5 aromatic rings. The molecule has 0 aliphatic rings. The highest BCUT2D eigenvalue weighted by molar-refractivity contribution is 6.30. The van der Waals surface area contributed by atoms with Gasteiger partial charge in [0.2, 0.25) is 0 Å². The first-order valence-corrected chi connectivity index (χ1v) is 13.5. The van der Waals surface area contributed by atoms with E-state index in [-0.39, 0.29) is 11.8 Å². The Morgan fingerprint density at radius 1 is 0.447 bits per heavy atom. The summed E-state index contributed by atoms with van der Waals surface area (Å²) in [6.07, 6.45) is 0. The number of aryl methyl sites for hydroxylation is 4. The molecular formula is C36H34ClN. The van der Waals surface area contributed by atoms with Gasteiger partial charge < -0.3 is 5.73 Å². The van der Waals surface area contributed by atoms with Crippen molar-refractivity contribution < 1.29 is 0 Å². The number of rotatable bonds is 6. The molecule has 190 valence electrons. The molecule has 1 nitrogen and oxygen atoms in total. The van der Waals surface area contributed by atoms with Gasteiger partial charge in [0.15, 0.2) is 0 Å². The maximum Gasteiger partial charge on any atom is 0.0413 e. The fourth-order valence-electron chi connectivity index (χ4n) is 5.28. The predicted molar refractivity (Wildman–Crippen MR) is 162 cm³/mol. The molecule has 5 aromatic carbocycles. The van der Waals surface area contributed by atoms with Crippen LogP contribution in [0.5, 0.6) is 0 Å². The molecule has 0 unspecified atom stereocenters. The Hall–Kier alpha value is -3.81. The van der Waals surface area contributed by atoms with Gasteiger partial charge in [-0.15, -0.1) is 0 Å². The van der Waals surface area contributed by atoms with E-state index in [9.17, 15) is 0 Å². The van der Waals surface area contributed by atoms with Gasteiger partial charge >= 0.3 is 0 Å². The van der Waals surface area contributed by atoms with E-state index in [2.05, 4.69) is 125 Å². The van der Waals surface area contributed by atoms with Crippen LogP contribution in [0, 0.1) is 27.7 Å². The monoisotopic (exact) mass is 515 g/mol. The van der Waals surface area contributed by atoms with Crippen molar-refractivity contribution in [3.05, 3.63) is 170 Å². The number of nitrogens with two attached hydrogens (primary N) is 1. The molecule has 0 saturated heterocycles. The standard InChI is InChI=1S/C36H34ClN/c1-23-5-13-27(14-6-23)34(28-15-7-24(2)8-16-28)32-21-31(37)22-33(36(32)38)35(29-17-9-25(3)10-18-29)30-19-11-26(4)12-20-30/h5-22,34-35H,38H2,1-4H3. The largest absolute Gasteiger partial charge is 0.398 e. The third kappa shape index (κ3) is 5.39. The zero-order chi connectivity index (χ0) is 26.8. The molecule has 0 amide bonds. The molecule has 0 radical (unpaired) electrons. The number of hydrogen-bond donors (Lipinski definition) is 1. The smallest absolute Gasteiger partial charge is 0.0413 e. The number of nitrogen functional groups attached to an aromatic ring is 1. The maximum absolute atomic E-state index is 7.16. The van der Waals surface area contributed by atoms with E-state index in [0.717, 1.165) is 16.8 Å². The topological polar surface area (TPSA) is 26.0 Å². The molecule has 0 bridgehead atoms. The normalized spacial score (nSPS) is 11.3. The van der Waals surface area contributed by atoms with Crippen LogP contribution in [0.3, 0.4) is 0 Å². The van der Waals surface area contributed by atoms with Crippen molar-refractivity contribution in [1.29, 1.82) is 0 Å². The van der Waals surface area contributed by atoms with Crippen molar-refractivity contribution in [3.63, 3.8) is 0 Å². The van der Waals surface area contributed by atoms with Crippen LogP contribution >= 0.6 is 11.6 Å². The number of benzene rings is 5. The maximum atomic E-state index is 7.16. The first-order valence-electron chi connectivity index (χ1n) is 13.1. The average Bonchev–Trinajstić information content (AvgIpc) is 2.91. The highest BCUT2D eigenvalue weighted by Gasteiger charge is 2.26. The first-order chi connectivity index (χ1) is 18.3. The molecule has 2 N–H and O–H groups in total. The van der Waals surface area contributed by atoms with Crippen molar-refractivity contribution in [2.24, 2.45) is 0 Å². The summed E-state index contributed by atoms with van der Waals surface area (Å²) in [6, 6.07) is 39.1. The lowest BCUT2D eigenvalue weighted by molar-refractivity contribution is 0.944. The molecule has 0 saturated carbocycles. The molecule has 0 aliphatic heterocycles. The van der Waals surface area contributed by atoms with Crippen LogP contribution in [0.1, 0.15) is 67.5 Å². The van der Waals surface area contributed by atoms with Crippen molar-refractivity contribution in [1.82, 2.24) is 0 Å². The Kier molecular flexibility index (Phi) is 7.40. The van der Waals surface area contributed by atoms with Gasteiger partial charge in [0.1, 0.15) is 0 Å². The average molecular weight is 516 g/mol. The summed E-state index contributed by atoms with van der Waals surface area (Å²) in [5, 5.41) is 0.692. The van der Waals surface area contributed by atoms with Gasteiger partial charge in [-0.2, -0.15) is 0 Å². The van der Waals surface area contributed by atoms with Crippen LogP contribution in [0.25, 0.3) is 0 Å². The fraction of sp³-hybridized carbons (Fsp3) is 0.167. The second kappa shape index (κ2) is 10.9. The van der Waals surface area contributed by atoms with E-state index in [1.165, 1.54) is 44.5 Å². The lowest BCUT2D eigenvalue weighted by atomic mass is 9.79. The lowest BCUT2D eigenvalue weighted by Gasteiger charge is -2.27. The second-order valence-corrected chi connectivity index (χ2v) is 10.9. The summed E-state index contributed by atoms with van der Waals surface area (Å²) >= 11 is 6.91. The molecule has 0 heterocycles. The summed E-state index contributed by atoms with van der Waals surface area (Å²) in [5.74, 6) is -0.0735. The minimum absolute atomic E-state index is 0.0367. The molecular weight excluding hydrogens is 482 g/mol.